The molecule has 282 valence electrons. The van der Waals surface area contributed by atoms with Crippen LogP contribution in [-0.2, 0) is 40.0 Å². The van der Waals surface area contributed by atoms with Gasteiger partial charge in [0.05, 0.1) is 13.1 Å². The molecule has 1 aromatic rings. The summed E-state index contributed by atoms with van der Waals surface area (Å²) in [4.78, 5) is 95.9. The average Bonchev–Trinajstić information content (AvgIpc) is 3.62. The molecule has 0 saturated carbocycles. The van der Waals surface area contributed by atoms with E-state index in [-0.39, 0.29) is 37.0 Å². The van der Waals surface area contributed by atoms with Gasteiger partial charge in [-0.2, -0.15) is 11.8 Å². The number of fused-ring (bicyclic) bond motifs is 1. The molecule has 7 amide bonds. The number of aromatic hydroxyl groups is 1. The van der Waals surface area contributed by atoms with Crippen LogP contribution in [0.1, 0.15) is 65.4 Å². The van der Waals surface area contributed by atoms with Crippen molar-refractivity contribution in [1.29, 1.82) is 0 Å². The largest absolute Gasteiger partial charge is 0.508 e. The van der Waals surface area contributed by atoms with Crippen molar-refractivity contribution >= 4 is 53.1 Å². The lowest BCUT2D eigenvalue weighted by atomic mass is 9.95. The first-order valence-electron chi connectivity index (χ1n) is 17.6. The van der Waals surface area contributed by atoms with Crippen molar-refractivity contribution in [3.05, 3.63) is 29.8 Å². The van der Waals surface area contributed by atoms with Gasteiger partial charge in [0.25, 0.3) is 0 Å². The van der Waals surface area contributed by atoms with Crippen LogP contribution in [-0.4, -0.2) is 113 Å². The van der Waals surface area contributed by atoms with E-state index in [1.807, 2.05) is 27.0 Å². The second-order valence-corrected chi connectivity index (χ2v) is 14.2. The molecule has 2 aliphatic rings. The minimum Gasteiger partial charge on any atom is -0.508 e. The Balaban J connectivity index is 2.02. The molecule has 16 heteroatoms. The number of hydrogen-bond donors (Lipinski definition) is 7. The normalized spacial score (nSPS) is 25.9. The van der Waals surface area contributed by atoms with Crippen molar-refractivity contribution in [3.63, 3.8) is 0 Å². The van der Waals surface area contributed by atoms with Crippen LogP contribution in [0.4, 0.5) is 0 Å². The third kappa shape index (κ3) is 11.9. The highest BCUT2D eigenvalue weighted by Gasteiger charge is 2.40. The van der Waals surface area contributed by atoms with Crippen LogP contribution in [0.5, 0.6) is 5.75 Å². The lowest BCUT2D eigenvalue weighted by Gasteiger charge is -2.32. The summed E-state index contributed by atoms with van der Waals surface area (Å²) >= 11 is 1.47. The van der Waals surface area contributed by atoms with Gasteiger partial charge in [0.2, 0.25) is 41.4 Å². The van der Waals surface area contributed by atoms with Crippen molar-refractivity contribution in [2.24, 2.45) is 11.8 Å². The van der Waals surface area contributed by atoms with Gasteiger partial charge in [0.1, 0.15) is 36.0 Å². The van der Waals surface area contributed by atoms with E-state index in [1.54, 1.807) is 19.1 Å². The average molecular weight is 732 g/mol. The number of amides is 7. The predicted octanol–water partition coefficient (Wildman–Crippen LogP) is -0.0438. The topological polar surface area (TPSA) is 215 Å². The van der Waals surface area contributed by atoms with Gasteiger partial charge in [-0.3, -0.25) is 33.6 Å². The van der Waals surface area contributed by atoms with Crippen LogP contribution in [0.3, 0.4) is 0 Å². The molecule has 0 bridgehead atoms. The van der Waals surface area contributed by atoms with Gasteiger partial charge in [-0.15, -0.1) is 0 Å². The fourth-order valence-electron chi connectivity index (χ4n) is 6.01. The number of rotatable bonds is 9. The Morgan fingerprint density at radius 1 is 0.765 bits per heavy atom. The van der Waals surface area contributed by atoms with Crippen molar-refractivity contribution in [3.8, 4) is 5.75 Å². The maximum absolute atomic E-state index is 14.1. The maximum Gasteiger partial charge on any atom is 0.246 e. The molecule has 3 rings (SSSR count). The number of nitrogens with one attached hydrogen (secondary N) is 6. The Labute approximate surface area is 303 Å². The van der Waals surface area contributed by atoms with Crippen LogP contribution < -0.4 is 31.9 Å². The summed E-state index contributed by atoms with van der Waals surface area (Å²) in [5.41, 5.74) is 0.618. The molecule has 15 nitrogen and oxygen atoms in total. The molecule has 51 heavy (non-hydrogen) atoms. The predicted molar refractivity (Wildman–Crippen MR) is 192 cm³/mol. The fourth-order valence-corrected chi connectivity index (χ4v) is 6.48. The Morgan fingerprint density at radius 3 is 2.00 bits per heavy atom. The van der Waals surface area contributed by atoms with Gasteiger partial charge < -0.3 is 41.9 Å². The first kappa shape index (κ1) is 41.1. The Hall–Kier alpha value is -4.34. The number of phenolic OH excluding ortho intramolecular Hbond substituents is 1. The van der Waals surface area contributed by atoms with Crippen molar-refractivity contribution < 1.29 is 38.7 Å². The second kappa shape index (κ2) is 19.9. The smallest absolute Gasteiger partial charge is 0.246 e. The summed E-state index contributed by atoms with van der Waals surface area (Å²) in [6.45, 7) is 6.66. The molecule has 2 fully saturated rings. The molecule has 0 spiro atoms. The highest BCUT2D eigenvalue weighted by atomic mass is 32.2. The van der Waals surface area contributed by atoms with Crippen LogP contribution in [0.25, 0.3) is 0 Å². The van der Waals surface area contributed by atoms with Gasteiger partial charge >= 0.3 is 0 Å². The summed E-state index contributed by atoms with van der Waals surface area (Å²) in [6, 6.07) is 0.971. The molecule has 7 unspecified atom stereocenters. The van der Waals surface area contributed by atoms with E-state index in [4.69, 9.17) is 0 Å². The number of thioether (sulfide) groups is 1. The third-order valence-corrected chi connectivity index (χ3v) is 10.2. The molecular formula is C35H53N7O8S. The highest BCUT2D eigenvalue weighted by molar-refractivity contribution is 7.98. The first-order valence-corrected chi connectivity index (χ1v) is 19.0. The molecule has 0 aromatic heterocycles. The lowest BCUT2D eigenvalue weighted by Crippen LogP contribution is -2.60. The van der Waals surface area contributed by atoms with E-state index in [0.717, 1.165) is 0 Å². The van der Waals surface area contributed by atoms with Crippen LogP contribution in [0.2, 0.25) is 0 Å². The molecule has 0 aliphatic carbocycles. The monoisotopic (exact) mass is 731 g/mol. The van der Waals surface area contributed by atoms with Gasteiger partial charge in [-0.25, -0.2) is 0 Å². The van der Waals surface area contributed by atoms with Crippen LogP contribution in [0, 0.1) is 11.8 Å². The Bertz CT molecular complexity index is 1410. The highest BCUT2D eigenvalue weighted by Crippen LogP contribution is 2.22. The van der Waals surface area contributed by atoms with Gasteiger partial charge in [0.15, 0.2) is 0 Å². The number of hydrogen-bond acceptors (Lipinski definition) is 9. The Kier molecular flexibility index (Phi) is 16.0. The van der Waals surface area contributed by atoms with E-state index in [1.165, 1.54) is 28.8 Å². The quantitative estimate of drug-likeness (QED) is 0.181. The number of carbonyl (C=O) groups excluding carboxylic acids is 7. The molecule has 7 N–H and O–H groups in total. The fraction of sp³-hybridized carbons (Fsp3) is 0.629. The third-order valence-electron chi connectivity index (χ3n) is 9.55. The van der Waals surface area contributed by atoms with Gasteiger partial charge in [0, 0.05) is 13.0 Å². The van der Waals surface area contributed by atoms with Gasteiger partial charge in [-0.05, 0) is 60.8 Å². The van der Waals surface area contributed by atoms with E-state index in [9.17, 15) is 38.7 Å². The standard InChI is InChI=1S/C35H53N7O8S/c1-6-20(3)29-34(49)39-25(17-22-10-12-23(43)13-11-22)32(47)41-30(21(4)7-2)35(50)42-15-8-9-26(42)33(48)37-18-27(44)38-24(14-16-51-5)31(46)36-19-28(45)40-29/h10-13,20-21,24-26,29-30,43H,6-9,14-19H2,1-5H3,(H,36,46)(H,37,48)(H,38,44)(H,39,49)(H,40,45)(H,41,47). The number of nitrogens with zero attached hydrogens (tertiary/aromatic N) is 1. The van der Waals surface area contributed by atoms with E-state index >= 15 is 0 Å². The van der Waals surface area contributed by atoms with Crippen molar-refractivity contribution in [2.45, 2.75) is 96.4 Å². The zero-order chi connectivity index (χ0) is 37.7. The molecule has 2 saturated heterocycles. The first-order chi connectivity index (χ1) is 24.3. The van der Waals surface area contributed by atoms with Crippen molar-refractivity contribution in [1.82, 2.24) is 36.8 Å². The van der Waals surface area contributed by atoms with Crippen LogP contribution in [0.15, 0.2) is 24.3 Å². The summed E-state index contributed by atoms with van der Waals surface area (Å²) < 4.78 is 0. The van der Waals surface area contributed by atoms with Gasteiger partial charge in [-0.1, -0.05) is 52.7 Å². The Morgan fingerprint density at radius 2 is 1.37 bits per heavy atom. The summed E-state index contributed by atoms with van der Waals surface area (Å²) in [5.74, 6) is -4.32. The molecule has 0 radical (unpaired) electrons. The number of phenols is 1. The second-order valence-electron chi connectivity index (χ2n) is 13.3. The molecule has 7 atom stereocenters. The maximum atomic E-state index is 14.1. The summed E-state index contributed by atoms with van der Waals surface area (Å²) in [6.07, 6.45) is 4.02. The van der Waals surface area contributed by atoms with E-state index in [2.05, 4.69) is 31.9 Å². The minimum absolute atomic E-state index is 0.00368. The van der Waals surface area contributed by atoms with Crippen molar-refractivity contribution in [2.75, 3.05) is 31.6 Å². The summed E-state index contributed by atoms with van der Waals surface area (Å²) in [7, 11) is 0. The van der Waals surface area contributed by atoms with E-state index < -0.39 is 84.6 Å². The number of carbonyl (C=O) groups is 7. The number of benzene rings is 1. The minimum atomic E-state index is -1.19. The SMILES string of the molecule is CCC(C)C1NC(=O)CNC(=O)C(CCSC)NC(=O)CNC(=O)C2CCCN2C(=O)C(C(C)CC)NC(=O)C(Cc2ccc(O)cc2)NC1=O. The molecule has 1 aromatic carbocycles. The molecule has 2 aliphatic heterocycles. The lowest BCUT2D eigenvalue weighted by molar-refractivity contribution is -0.143. The molecular weight excluding hydrogens is 678 g/mol. The van der Waals surface area contributed by atoms with E-state index in [0.29, 0.717) is 37.0 Å². The van der Waals surface area contributed by atoms with Crippen LogP contribution >= 0.6 is 11.8 Å². The summed E-state index contributed by atoms with van der Waals surface area (Å²) in [5, 5.41) is 25.9. The zero-order valence-corrected chi connectivity index (χ0v) is 30.9. The molecule has 2 heterocycles. The zero-order valence-electron chi connectivity index (χ0n) is 30.1.